The van der Waals surface area contributed by atoms with Gasteiger partial charge in [0.2, 0.25) is 0 Å². The third-order valence-electron chi connectivity index (χ3n) is 3.99. The Morgan fingerprint density at radius 3 is 2.58 bits per heavy atom. The highest BCUT2D eigenvalue weighted by molar-refractivity contribution is 6.35. The molecule has 0 aliphatic rings. The number of allylic oxidation sites excluding steroid dienone is 1. The molecule has 6 heteroatoms. The Bertz CT molecular complexity index is 1020. The van der Waals surface area contributed by atoms with Crippen LogP contribution in [-0.4, -0.2) is 0 Å². The Morgan fingerprint density at radius 1 is 1.08 bits per heavy atom. The molecule has 3 aromatic rings. The first kappa shape index (κ1) is 17.6. The number of fused-ring (bicyclic) bond motifs is 1. The molecule has 5 nitrogen and oxygen atoms in total. The molecule has 0 saturated carbocycles. The number of ether oxygens (including phenoxy) is 1. The minimum Gasteiger partial charge on any atom is -0.488 e. The third kappa shape index (κ3) is 3.57. The van der Waals surface area contributed by atoms with Gasteiger partial charge in [-0.25, -0.2) is 5.84 Å². The Kier molecular flexibility index (Phi) is 5.28. The highest BCUT2D eigenvalue weighted by atomic mass is 35.5. The van der Waals surface area contributed by atoms with Crippen LogP contribution in [0.15, 0.2) is 66.4 Å². The molecule has 130 valence electrons. The van der Waals surface area contributed by atoms with E-state index in [0.717, 1.165) is 22.1 Å². The summed E-state index contributed by atoms with van der Waals surface area (Å²) in [6.07, 6.45) is 0. The van der Waals surface area contributed by atoms with Crippen LogP contribution in [-0.2, 0) is 6.61 Å². The van der Waals surface area contributed by atoms with Gasteiger partial charge in [-0.05, 0) is 23.8 Å². The van der Waals surface area contributed by atoms with Crippen LogP contribution in [0.2, 0.25) is 5.02 Å². The quantitative estimate of drug-likeness (QED) is 0.364. The average molecular weight is 365 g/mol. The molecule has 0 radical (unpaired) electrons. The van der Waals surface area contributed by atoms with E-state index in [1.165, 1.54) is 0 Å². The Morgan fingerprint density at radius 2 is 1.85 bits per heavy atom. The monoisotopic (exact) mass is 364 g/mol. The molecule has 0 heterocycles. The lowest BCUT2D eigenvalue weighted by Crippen LogP contribution is -2.23. The maximum Gasteiger partial charge on any atom is 0.151 e. The summed E-state index contributed by atoms with van der Waals surface area (Å²) in [5.41, 5.74) is 10.3. The lowest BCUT2D eigenvalue weighted by Gasteiger charge is -2.12. The molecule has 0 unspecified atom stereocenters. The summed E-state index contributed by atoms with van der Waals surface area (Å²) >= 11 is 6.24. The number of nitriles is 1. The van der Waals surface area contributed by atoms with Crippen LogP contribution in [0.5, 0.6) is 5.75 Å². The van der Waals surface area contributed by atoms with Gasteiger partial charge in [-0.1, -0.05) is 54.1 Å². The molecular formula is C20H17ClN4O. The predicted octanol–water partition coefficient (Wildman–Crippen LogP) is 3.69. The topological polar surface area (TPSA) is 97.1 Å². The summed E-state index contributed by atoms with van der Waals surface area (Å²) in [4.78, 5) is 0. The fourth-order valence-corrected chi connectivity index (χ4v) is 2.89. The number of nitrogens with zero attached hydrogens (tertiary/aromatic N) is 1. The lowest BCUT2D eigenvalue weighted by atomic mass is 10.1. The molecule has 0 atom stereocenters. The van der Waals surface area contributed by atoms with Crippen molar-refractivity contribution in [3.63, 3.8) is 0 Å². The van der Waals surface area contributed by atoms with Crippen molar-refractivity contribution in [2.75, 3.05) is 0 Å². The van der Waals surface area contributed by atoms with Crippen molar-refractivity contribution in [3.05, 3.63) is 82.5 Å². The van der Waals surface area contributed by atoms with Crippen LogP contribution in [0.1, 0.15) is 11.1 Å². The van der Waals surface area contributed by atoms with E-state index in [4.69, 9.17) is 33.2 Å². The van der Waals surface area contributed by atoms with Crippen LogP contribution < -0.4 is 21.7 Å². The molecule has 0 spiro atoms. The second-order valence-corrected chi connectivity index (χ2v) is 6.03. The SMILES string of the molecule is N#C/C(NN)=C(/N)c1cccc(COc2ccc(Cl)c3ccccc23)c1. The Balaban J connectivity index is 1.86. The third-order valence-corrected chi connectivity index (χ3v) is 4.32. The molecule has 0 amide bonds. The summed E-state index contributed by atoms with van der Waals surface area (Å²) in [7, 11) is 0. The minimum absolute atomic E-state index is 0.117. The summed E-state index contributed by atoms with van der Waals surface area (Å²) in [5, 5.41) is 11.6. The molecule has 0 fully saturated rings. The van der Waals surface area contributed by atoms with E-state index in [0.29, 0.717) is 17.2 Å². The molecule has 3 aromatic carbocycles. The van der Waals surface area contributed by atoms with Gasteiger partial charge in [0.25, 0.3) is 0 Å². The van der Waals surface area contributed by atoms with E-state index in [1.54, 1.807) is 0 Å². The average Bonchev–Trinajstić information content (AvgIpc) is 2.69. The van der Waals surface area contributed by atoms with E-state index < -0.39 is 0 Å². The molecule has 0 saturated heterocycles. The molecule has 0 aliphatic heterocycles. The fourth-order valence-electron chi connectivity index (χ4n) is 2.66. The first-order chi connectivity index (χ1) is 12.6. The van der Waals surface area contributed by atoms with Crippen molar-refractivity contribution in [1.82, 2.24) is 5.43 Å². The van der Waals surface area contributed by atoms with Crippen LogP contribution in [0.4, 0.5) is 0 Å². The largest absolute Gasteiger partial charge is 0.488 e. The molecule has 0 bridgehead atoms. The van der Waals surface area contributed by atoms with Crippen molar-refractivity contribution >= 4 is 28.1 Å². The molecule has 26 heavy (non-hydrogen) atoms. The maximum atomic E-state index is 9.04. The highest BCUT2D eigenvalue weighted by Gasteiger charge is 2.08. The lowest BCUT2D eigenvalue weighted by molar-refractivity contribution is 0.310. The highest BCUT2D eigenvalue weighted by Crippen LogP contribution is 2.31. The van der Waals surface area contributed by atoms with Gasteiger partial charge >= 0.3 is 0 Å². The number of hydrogen-bond donors (Lipinski definition) is 3. The van der Waals surface area contributed by atoms with Gasteiger partial charge in [0.1, 0.15) is 18.4 Å². The molecular weight excluding hydrogens is 348 g/mol. The van der Waals surface area contributed by atoms with E-state index in [2.05, 4.69) is 5.43 Å². The van der Waals surface area contributed by atoms with Crippen LogP contribution in [0.25, 0.3) is 16.5 Å². The van der Waals surface area contributed by atoms with Gasteiger partial charge in [-0.15, -0.1) is 0 Å². The summed E-state index contributed by atoms with van der Waals surface area (Å²) < 4.78 is 5.99. The van der Waals surface area contributed by atoms with Crippen LogP contribution >= 0.6 is 11.6 Å². The normalized spacial score (nSPS) is 11.6. The van der Waals surface area contributed by atoms with Crippen molar-refractivity contribution in [1.29, 1.82) is 5.26 Å². The summed E-state index contributed by atoms with van der Waals surface area (Å²) in [6, 6.07) is 20.9. The summed E-state index contributed by atoms with van der Waals surface area (Å²) in [6.45, 7) is 0.352. The van der Waals surface area contributed by atoms with Gasteiger partial charge in [-0.2, -0.15) is 5.26 Å². The van der Waals surface area contributed by atoms with E-state index >= 15 is 0 Å². The van der Waals surface area contributed by atoms with Gasteiger partial charge in [0.05, 0.1) is 5.70 Å². The second kappa shape index (κ2) is 7.79. The number of rotatable bonds is 5. The van der Waals surface area contributed by atoms with Crippen molar-refractivity contribution in [2.45, 2.75) is 6.61 Å². The van der Waals surface area contributed by atoms with Crippen LogP contribution in [0, 0.1) is 11.3 Å². The van der Waals surface area contributed by atoms with Crippen molar-refractivity contribution in [3.8, 4) is 11.8 Å². The fraction of sp³-hybridized carbons (Fsp3) is 0.0500. The smallest absolute Gasteiger partial charge is 0.151 e. The van der Waals surface area contributed by atoms with Gasteiger partial charge in [0.15, 0.2) is 5.70 Å². The molecule has 3 rings (SSSR count). The first-order valence-corrected chi connectivity index (χ1v) is 8.27. The van der Waals surface area contributed by atoms with Gasteiger partial charge < -0.3 is 15.9 Å². The number of nitrogens with two attached hydrogens (primary N) is 2. The standard InChI is InChI=1S/C20H17ClN4O/c21-17-8-9-19(16-7-2-1-6-15(16)17)26-12-13-4-3-5-14(10-13)20(23)18(11-22)25-24/h1-10,25H,12,23-24H2/b20-18-. The van der Waals surface area contributed by atoms with Crippen LogP contribution in [0.3, 0.4) is 0 Å². The Hall–Kier alpha value is -3.20. The maximum absolute atomic E-state index is 9.04. The van der Waals surface area contributed by atoms with E-state index in [1.807, 2.05) is 66.7 Å². The zero-order valence-electron chi connectivity index (χ0n) is 13.9. The van der Waals surface area contributed by atoms with Crippen molar-refractivity contribution < 1.29 is 4.74 Å². The number of halogens is 1. The predicted molar refractivity (Wildman–Crippen MR) is 104 cm³/mol. The van der Waals surface area contributed by atoms with E-state index in [9.17, 15) is 0 Å². The molecule has 5 N–H and O–H groups in total. The number of hydrogen-bond acceptors (Lipinski definition) is 5. The summed E-state index contributed by atoms with van der Waals surface area (Å²) in [5.74, 6) is 6.06. The second-order valence-electron chi connectivity index (χ2n) is 5.62. The van der Waals surface area contributed by atoms with E-state index in [-0.39, 0.29) is 11.4 Å². The number of hydrazine groups is 1. The molecule has 0 aromatic heterocycles. The van der Waals surface area contributed by atoms with Gasteiger partial charge in [-0.3, -0.25) is 0 Å². The Labute approximate surface area is 156 Å². The minimum atomic E-state index is 0.117. The van der Waals surface area contributed by atoms with Gasteiger partial charge in [0, 0.05) is 21.4 Å². The first-order valence-electron chi connectivity index (χ1n) is 7.90. The number of benzene rings is 3. The molecule has 0 aliphatic carbocycles. The zero-order valence-corrected chi connectivity index (χ0v) is 14.6. The van der Waals surface area contributed by atoms with Crippen molar-refractivity contribution in [2.24, 2.45) is 11.6 Å². The zero-order chi connectivity index (χ0) is 18.5. The number of nitrogens with one attached hydrogen (secondary N) is 1.